The van der Waals surface area contributed by atoms with Gasteiger partial charge in [0.05, 0.1) is 6.10 Å². The highest BCUT2D eigenvalue weighted by Gasteiger charge is 2.61. The van der Waals surface area contributed by atoms with Gasteiger partial charge in [-0.05, 0) is 31.6 Å². The molecule has 132 valence electrons. The Hall–Kier alpha value is -1.30. The number of nitrogens with zero attached hydrogens (tertiary/aromatic N) is 1. The number of hydrogen-bond donors (Lipinski definition) is 2. The lowest BCUT2D eigenvalue weighted by molar-refractivity contribution is -0.203. The molecule has 0 heterocycles. The van der Waals surface area contributed by atoms with E-state index < -0.39 is 17.5 Å². The van der Waals surface area contributed by atoms with Crippen LogP contribution in [0.5, 0.6) is 0 Å². The van der Waals surface area contributed by atoms with Gasteiger partial charge in [0.2, 0.25) is 5.91 Å². The van der Waals surface area contributed by atoms with Gasteiger partial charge in [-0.25, -0.2) is 4.79 Å². The molecule has 0 bridgehead atoms. The second kappa shape index (κ2) is 6.30. The molecule has 2 aliphatic rings. The molecule has 3 atom stereocenters. The van der Waals surface area contributed by atoms with Gasteiger partial charge in [-0.1, -0.05) is 27.2 Å². The Morgan fingerprint density at radius 2 is 2.00 bits per heavy atom. The molecule has 2 aliphatic carbocycles. The van der Waals surface area contributed by atoms with Gasteiger partial charge in [0.25, 0.3) is 0 Å². The van der Waals surface area contributed by atoms with Crippen LogP contribution in [0, 0.1) is 10.8 Å². The fraction of sp³-hybridized carbons (Fsp3) is 0.882. The lowest BCUT2D eigenvalue weighted by Gasteiger charge is -2.63. The van der Waals surface area contributed by atoms with Crippen LogP contribution in [0.4, 0.5) is 4.79 Å². The van der Waals surface area contributed by atoms with Crippen LogP contribution in [0.2, 0.25) is 0 Å². The predicted molar refractivity (Wildman–Crippen MR) is 88.8 cm³/mol. The van der Waals surface area contributed by atoms with Gasteiger partial charge in [-0.3, -0.25) is 4.79 Å². The first kappa shape index (κ1) is 18.0. The van der Waals surface area contributed by atoms with Crippen LogP contribution in [0.15, 0.2) is 0 Å². The van der Waals surface area contributed by atoms with Gasteiger partial charge in [-0.15, -0.1) is 0 Å². The highest BCUT2D eigenvalue weighted by atomic mass is 16.5. The Labute approximate surface area is 139 Å². The fourth-order valence-electron chi connectivity index (χ4n) is 4.09. The van der Waals surface area contributed by atoms with Crippen molar-refractivity contribution in [2.45, 2.75) is 71.6 Å². The fourth-order valence-corrected chi connectivity index (χ4v) is 4.09. The first-order valence-electron chi connectivity index (χ1n) is 8.57. The summed E-state index contributed by atoms with van der Waals surface area (Å²) in [4.78, 5) is 26.1. The quantitative estimate of drug-likeness (QED) is 0.809. The van der Waals surface area contributed by atoms with E-state index in [9.17, 15) is 9.59 Å². The Kier molecular flexibility index (Phi) is 4.95. The Bertz CT molecular complexity index is 468. The van der Waals surface area contributed by atoms with Crippen molar-refractivity contribution in [2.24, 2.45) is 16.6 Å². The highest BCUT2D eigenvalue weighted by molar-refractivity contribution is 5.87. The van der Waals surface area contributed by atoms with E-state index in [1.54, 1.807) is 0 Å². The minimum Gasteiger partial charge on any atom is -0.378 e. The minimum atomic E-state index is -0.661. The number of carbonyl (C=O) groups excluding carboxylic acids is 2. The summed E-state index contributed by atoms with van der Waals surface area (Å²) in [6.07, 6.45) is 4.57. The molecular weight excluding hydrogens is 294 g/mol. The molecule has 6 heteroatoms. The van der Waals surface area contributed by atoms with Crippen molar-refractivity contribution in [1.82, 2.24) is 10.2 Å². The summed E-state index contributed by atoms with van der Waals surface area (Å²) in [6, 6.07) is -1.08. The van der Waals surface area contributed by atoms with Crippen LogP contribution in [-0.2, 0) is 9.53 Å². The van der Waals surface area contributed by atoms with Crippen molar-refractivity contribution in [2.75, 3.05) is 13.7 Å². The molecule has 0 aromatic carbocycles. The van der Waals surface area contributed by atoms with E-state index in [0.717, 1.165) is 19.3 Å². The molecule has 0 aliphatic heterocycles. The molecule has 0 radical (unpaired) electrons. The van der Waals surface area contributed by atoms with Crippen molar-refractivity contribution < 1.29 is 14.3 Å². The third-order valence-corrected chi connectivity index (χ3v) is 5.61. The van der Waals surface area contributed by atoms with Crippen molar-refractivity contribution in [3.63, 3.8) is 0 Å². The van der Waals surface area contributed by atoms with Gasteiger partial charge < -0.3 is 20.7 Å². The van der Waals surface area contributed by atoms with E-state index in [1.807, 2.05) is 39.6 Å². The summed E-state index contributed by atoms with van der Waals surface area (Å²) in [5, 5.41) is 2.62. The summed E-state index contributed by atoms with van der Waals surface area (Å²) in [5.41, 5.74) is 4.99. The topological polar surface area (TPSA) is 84.7 Å². The lowest BCUT2D eigenvalue weighted by Crippen LogP contribution is -2.69. The third-order valence-electron chi connectivity index (χ3n) is 5.61. The smallest absolute Gasteiger partial charge is 0.312 e. The number of rotatable bonds is 5. The summed E-state index contributed by atoms with van der Waals surface area (Å²) in [6.45, 7) is 8.53. The van der Waals surface area contributed by atoms with Crippen LogP contribution in [0.1, 0.15) is 53.4 Å². The molecule has 23 heavy (non-hydrogen) atoms. The number of urea groups is 1. The number of hydrogen-bond acceptors (Lipinski definition) is 3. The van der Waals surface area contributed by atoms with E-state index in [1.165, 1.54) is 6.42 Å². The number of primary amides is 1. The average molecular weight is 325 g/mol. The SMILES string of the molecule is CCO[C@@H]1C[C@@H](N(C)C(=O)[C@@H](NC(N)=O)C(C)(C)C)C12CCC2. The molecule has 2 fully saturated rings. The first-order chi connectivity index (χ1) is 10.6. The maximum Gasteiger partial charge on any atom is 0.312 e. The van der Waals surface area contributed by atoms with Crippen LogP contribution in [0.3, 0.4) is 0 Å². The standard InChI is InChI=1S/C17H31N3O3/c1-6-23-12-10-11(17(12)8-7-9-17)20(5)14(21)13(16(2,3)4)19-15(18)22/h11-13H,6-10H2,1-5H3,(H3,18,19,22)/t11-,12-,13-/m1/s1. The maximum absolute atomic E-state index is 13.0. The number of nitrogens with two attached hydrogens (primary N) is 1. The third kappa shape index (κ3) is 3.18. The van der Waals surface area contributed by atoms with Crippen LogP contribution in [-0.4, -0.2) is 48.7 Å². The number of amides is 3. The molecule has 0 unspecified atom stereocenters. The predicted octanol–water partition coefficient (Wildman–Crippen LogP) is 1.88. The van der Waals surface area contributed by atoms with Crippen LogP contribution in [0.25, 0.3) is 0 Å². The molecule has 3 N–H and O–H groups in total. The van der Waals surface area contributed by atoms with E-state index in [0.29, 0.717) is 6.61 Å². The maximum atomic E-state index is 13.0. The minimum absolute atomic E-state index is 0.0671. The average Bonchev–Trinajstić information content (AvgIpc) is 2.35. The van der Waals surface area contributed by atoms with Crippen molar-refractivity contribution in [3.8, 4) is 0 Å². The van der Waals surface area contributed by atoms with Crippen molar-refractivity contribution in [1.29, 1.82) is 0 Å². The lowest BCUT2D eigenvalue weighted by atomic mass is 9.50. The monoisotopic (exact) mass is 325 g/mol. The van der Waals surface area contributed by atoms with E-state index in [-0.39, 0.29) is 23.5 Å². The molecule has 1 spiro atoms. The first-order valence-corrected chi connectivity index (χ1v) is 8.57. The van der Waals surface area contributed by atoms with Gasteiger partial charge in [0, 0.05) is 25.1 Å². The molecule has 3 amide bonds. The second-order valence-electron chi connectivity index (χ2n) is 8.04. The summed E-state index contributed by atoms with van der Waals surface area (Å²) in [5.74, 6) is -0.0671. The molecule has 0 aromatic heterocycles. The molecule has 2 rings (SSSR count). The van der Waals surface area contributed by atoms with E-state index in [2.05, 4.69) is 5.32 Å². The Morgan fingerprint density at radius 3 is 2.39 bits per heavy atom. The highest BCUT2D eigenvalue weighted by Crippen LogP contribution is 2.59. The van der Waals surface area contributed by atoms with Gasteiger partial charge in [0.1, 0.15) is 6.04 Å². The largest absolute Gasteiger partial charge is 0.378 e. The molecule has 0 aromatic rings. The zero-order chi connectivity index (χ0) is 17.4. The van der Waals surface area contributed by atoms with Crippen LogP contribution < -0.4 is 11.1 Å². The van der Waals surface area contributed by atoms with Crippen molar-refractivity contribution in [3.05, 3.63) is 0 Å². The summed E-state index contributed by atoms with van der Waals surface area (Å²) < 4.78 is 5.86. The number of carbonyl (C=O) groups is 2. The molecule has 0 saturated heterocycles. The van der Waals surface area contributed by atoms with E-state index in [4.69, 9.17) is 10.5 Å². The second-order valence-corrected chi connectivity index (χ2v) is 8.04. The summed E-state index contributed by atoms with van der Waals surface area (Å²) >= 11 is 0. The summed E-state index contributed by atoms with van der Waals surface area (Å²) in [7, 11) is 1.84. The van der Waals surface area contributed by atoms with Gasteiger partial charge >= 0.3 is 6.03 Å². The molecule has 2 saturated carbocycles. The molecule has 6 nitrogen and oxygen atoms in total. The van der Waals surface area contributed by atoms with Crippen molar-refractivity contribution >= 4 is 11.9 Å². The number of ether oxygens (including phenoxy) is 1. The normalized spacial score (nSPS) is 26.8. The van der Waals surface area contributed by atoms with E-state index >= 15 is 0 Å². The molecular formula is C17H31N3O3. The number of nitrogens with one attached hydrogen (secondary N) is 1. The number of likely N-dealkylation sites (N-methyl/N-ethyl adjacent to an activating group) is 1. The van der Waals surface area contributed by atoms with Gasteiger partial charge in [0.15, 0.2) is 0 Å². The zero-order valence-corrected chi connectivity index (χ0v) is 15.0. The zero-order valence-electron chi connectivity index (χ0n) is 15.0. The Morgan fingerprint density at radius 1 is 1.39 bits per heavy atom. The van der Waals surface area contributed by atoms with Crippen LogP contribution >= 0.6 is 0 Å². The van der Waals surface area contributed by atoms with Gasteiger partial charge in [-0.2, -0.15) is 0 Å². The Balaban J connectivity index is 2.11.